The standard InChI is InChI=1S/C15H20BrNO/c16-11-3-6-14(18-12-4-5-12)13(9-11)15(10-17)7-1-2-8-15/h3,6,9,12H,1-2,4-5,7-8,10,17H2. The molecule has 2 aliphatic carbocycles. The van der Waals surface area contributed by atoms with Gasteiger partial charge in [0, 0.05) is 22.0 Å². The van der Waals surface area contributed by atoms with Gasteiger partial charge in [-0.05, 0) is 43.9 Å². The average Bonchev–Trinajstić information content (AvgIpc) is 3.06. The monoisotopic (exact) mass is 309 g/mol. The van der Waals surface area contributed by atoms with Crippen molar-refractivity contribution in [2.45, 2.75) is 50.0 Å². The summed E-state index contributed by atoms with van der Waals surface area (Å²) < 4.78 is 7.20. The molecule has 0 bridgehead atoms. The van der Waals surface area contributed by atoms with Crippen molar-refractivity contribution in [1.29, 1.82) is 0 Å². The lowest BCUT2D eigenvalue weighted by Crippen LogP contribution is -2.32. The maximum atomic E-state index is 6.10. The van der Waals surface area contributed by atoms with E-state index in [1.54, 1.807) is 0 Å². The maximum absolute atomic E-state index is 6.10. The van der Waals surface area contributed by atoms with Gasteiger partial charge in [0.1, 0.15) is 5.75 Å². The van der Waals surface area contributed by atoms with E-state index in [2.05, 4.69) is 34.1 Å². The van der Waals surface area contributed by atoms with E-state index >= 15 is 0 Å². The molecule has 0 aromatic heterocycles. The molecule has 2 aliphatic rings. The number of nitrogens with two attached hydrogens (primary N) is 1. The number of ether oxygens (including phenoxy) is 1. The van der Waals surface area contributed by atoms with Gasteiger partial charge in [-0.2, -0.15) is 0 Å². The Kier molecular flexibility index (Phi) is 3.37. The first-order chi connectivity index (χ1) is 8.73. The maximum Gasteiger partial charge on any atom is 0.123 e. The molecular weight excluding hydrogens is 290 g/mol. The van der Waals surface area contributed by atoms with Crippen molar-refractivity contribution in [1.82, 2.24) is 0 Å². The molecule has 2 nitrogen and oxygen atoms in total. The highest BCUT2D eigenvalue weighted by Gasteiger charge is 2.37. The second-order valence-corrected chi connectivity index (χ2v) is 6.56. The molecule has 0 radical (unpaired) electrons. The first kappa shape index (κ1) is 12.5. The van der Waals surface area contributed by atoms with Crippen LogP contribution in [-0.2, 0) is 5.41 Å². The second kappa shape index (κ2) is 4.86. The first-order valence-electron chi connectivity index (χ1n) is 6.90. The van der Waals surface area contributed by atoms with Gasteiger partial charge in [-0.3, -0.25) is 0 Å². The zero-order valence-electron chi connectivity index (χ0n) is 10.6. The number of rotatable bonds is 4. The van der Waals surface area contributed by atoms with Crippen molar-refractivity contribution < 1.29 is 4.74 Å². The van der Waals surface area contributed by atoms with Crippen molar-refractivity contribution in [3.8, 4) is 5.75 Å². The largest absolute Gasteiger partial charge is 0.490 e. The van der Waals surface area contributed by atoms with Crippen molar-refractivity contribution >= 4 is 15.9 Å². The van der Waals surface area contributed by atoms with Gasteiger partial charge in [0.15, 0.2) is 0 Å². The molecule has 1 aromatic rings. The van der Waals surface area contributed by atoms with Gasteiger partial charge in [-0.25, -0.2) is 0 Å². The topological polar surface area (TPSA) is 35.2 Å². The molecule has 0 aliphatic heterocycles. The minimum atomic E-state index is 0.147. The van der Waals surface area contributed by atoms with Crippen LogP contribution in [0.1, 0.15) is 44.1 Å². The molecule has 3 heteroatoms. The SMILES string of the molecule is NCC1(c2cc(Br)ccc2OC2CC2)CCCC1. The third kappa shape index (κ3) is 2.30. The van der Waals surface area contributed by atoms with Gasteiger partial charge in [-0.15, -0.1) is 0 Å². The quantitative estimate of drug-likeness (QED) is 0.919. The summed E-state index contributed by atoms with van der Waals surface area (Å²) in [5.74, 6) is 1.06. The highest BCUT2D eigenvalue weighted by Crippen LogP contribution is 2.45. The summed E-state index contributed by atoms with van der Waals surface area (Å²) in [6.07, 6.45) is 7.80. The molecule has 2 saturated carbocycles. The fourth-order valence-electron chi connectivity index (χ4n) is 3.02. The van der Waals surface area contributed by atoms with Crippen molar-refractivity contribution in [3.63, 3.8) is 0 Å². The van der Waals surface area contributed by atoms with E-state index in [0.29, 0.717) is 6.10 Å². The van der Waals surface area contributed by atoms with Crippen molar-refractivity contribution in [3.05, 3.63) is 28.2 Å². The smallest absolute Gasteiger partial charge is 0.123 e. The molecule has 0 heterocycles. The zero-order chi connectivity index (χ0) is 12.6. The third-order valence-electron chi connectivity index (χ3n) is 4.28. The normalized spacial score (nSPS) is 22.1. The van der Waals surface area contributed by atoms with E-state index in [1.807, 2.05) is 0 Å². The van der Waals surface area contributed by atoms with Crippen molar-refractivity contribution in [2.24, 2.45) is 5.73 Å². The molecule has 0 atom stereocenters. The summed E-state index contributed by atoms with van der Waals surface area (Å²) in [7, 11) is 0. The van der Waals surface area contributed by atoms with Crippen LogP contribution in [0, 0.1) is 0 Å². The molecule has 0 amide bonds. The van der Waals surface area contributed by atoms with Crippen LogP contribution in [0.5, 0.6) is 5.75 Å². The van der Waals surface area contributed by atoms with E-state index in [0.717, 1.165) is 16.8 Å². The van der Waals surface area contributed by atoms with E-state index in [9.17, 15) is 0 Å². The Labute approximate surface area is 117 Å². The van der Waals surface area contributed by atoms with Crippen LogP contribution in [0.3, 0.4) is 0 Å². The predicted octanol–water partition coefficient (Wildman–Crippen LogP) is 3.76. The minimum Gasteiger partial charge on any atom is -0.490 e. The van der Waals surface area contributed by atoms with Gasteiger partial charge >= 0.3 is 0 Å². The molecule has 1 aromatic carbocycles. The first-order valence-corrected chi connectivity index (χ1v) is 7.70. The zero-order valence-corrected chi connectivity index (χ0v) is 12.2. The number of benzene rings is 1. The number of hydrogen-bond donors (Lipinski definition) is 1. The molecule has 2 fully saturated rings. The summed E-state index contributed by atoms with van der Waals surface area (Å²) in [5, 5.41) is 0. The molecular formula is C15H20BrNO. The highest BCUT2D eigenvalue weighted by molar-refractivity contribution is 9.10. The summed E-state index contributed by atoms with van der Waals surface area (Å²) in [6, 6.07) is 6.39. The summed E-state index contributed by atoms with van der Waals surface area (Å²) >= 11 is 3.58. The minimum absolute atomic E-state index is 0.147. The summed E-state index contributed by atoms with van der Waals surface area (Å²) in [6.45, 7) is 0.727. The van der Waals surface area contributed by atoms with Gasteiger partial charge in [0.25, 0.3) is 0 Å². The molecule has 98 valence electrons. The van der Waals surface area contributed by atoms with E-state index in [1.165, 1.54) is 44.1 Å². The Balaban J connectivity index is 1.98. The molecule has 3 rings (SSSR count). The highest BCUT2D eigenvalue weighted by atomic mass is 79.9. The average molecular weight is 310 g/mol. The molecule has 0 unspecified atom stereocenters. The van der Waals surface area contributed by atoms with Gasteiger partial charge in [0.2, 0.25) is 0 Å². The Morgan fingerprint density at radius 3 is 2.61 bits per heavy atom. The lowest BCUT2D eigenvalue weighted by atomic mass is 9.78. The lowest BCUT2D eigenvalue weighted by Gasteiger charge is -2.30. The van der Waals surface area contributed by atoms with Crippen LogP contribution in [0.4, 0.5) is 0 Å². The van der Waals surface area contributed by atoms with Gasteiger partial charge in [0.05, 0.1) is 6.10 Å². The van der Waals surface area contributed by atoms with Crippen LogP contribution >= 0.6 is 15.9 Å². The van der Waals surface area contributed by atoms with Crippen molar-refractivity contribution in [2.75, 3.05) is 6.54 Å². The Hall–Kier alpha value is -0.540. The fraction of sp³-hybridized carbons (Fsp3) is 0.600. The fourth-order valence-corrected chi connectivity index (χ4v) is 3.38. The van der Waals surface area contributed by atoms with Gasteiger partial charge in [-0.1, -0.05) is 28.8 Å². The summed E-state index contributed by atoms with van der Waals surface area (Å²) in [5.41, 5.74) is 7.57. The van der Waals surface area contributed by atoms with Crippen LogP contribution in [0.15, 0.2) is 22.7 Å². The van der Waals surface area contributed by atoms with E-state index in [-0.39, 0.29) is 5.41 Å². The molecule has 2 N–H and O–H groups in total. The predicted molar refractivity (Wildman–Crippen MR) is 77.0 cm³/mol. The number of halogens is 1. The Morgan fingerprint density at radius 2 is 2.00 bits per heavy atom. The Morgan fingerprint density at radius 1 is 1.28 bits per heavy atom. The Bertz CT molecular complexity index is 436. The summed E-state index contributed by atoms with van der Waals surface area (Å²) in [4.78, 5) is 0. The van der Waals surface area contributed by atoms with Crippen LogP contribution in [0.2, 0.25) is 0 Å². The second-order valence-electron chi connectivity index (χ2n) is 5.65. The third-order valence-corrected chi connectivity index (χ3v) is 4.78. The number of hydrogen-bond acceptors (Lipinski definition) is 2. The molecule has 0 saturated heterocycles. The van der Waals surface area contributed by atoms with Crippen LogP contribution in [-0.4, -0.2) is 12.6 Å². The van der Waals surface area contributed by atoms with Gasteiger partial charge < -0.3 is 10.5 Å². The van der Waals surface area contributed by atoms with Crippen LogP contribution < -0.4 is 10.5 Å². The lowest BCUT2D eigenvalue weighted by molar-refractivity contribution is 0.289. The van der Waals surface area contributed by atoms with E-state index in [4.69, 9.17) is 10.5 Å². The molecule has 0 spiro atoms. The van der Waals surface area contributed by atoms with E-state index < -0.39 is 0 Å². The molecule has 18 heavy (non-hydrogen) atoms. The van der Waals surface area contributed by atoms with Crippen LogP contribution in [0.25, 0.3) is 0 Å².